The van der Waals surface area contributed by atoms with E-state index in [-0.39, 0.29) is 6.79 Å². The van der Waals surface area contributed by atoms with Crippen LogP contribution in [0.4, 0.5) is 0 Å². The molecule has 1 aliphatic heterocycles. The molecule has 128 valence electrons. The molecular formula is C19H20N4O2. The fraction of sp³-hybridized carbons (Fsp3) is 0.263. The SMILES string of the molecule is CN=C(NCc1cccc(C#N)c1)N(C)Cc1ccc2c(c1)OCO2. The number of nitriles is 1. The fourth-order valence-corrected chi connectivity index (χ4v) is 2.70. The summed E-state index contributed by atoms with van der Waals surface area (Å²) >= 11 is 0. The average molecular weight is 336 g/mol. The number of fused-ring (bicyclic) bond motifs is 1. The molecule has 0 saturated carbocycles. The average Bonchev–Trinajstić information content (AvgIpc) is 3.10. The highest BCUT2D eigenvalue weighted by atomic mass is 16.7. The first-order chi connectivity index (χ1) is 12.2. The summed E-state index contributed by atoms with van der Waals surface area (Å²) in [7, 11) is 3.73. The number of guanidine groups is 1. The third kappa shape index (κ3) is 4.01. The second kappa shape index (κ2) is 7.58. The van der Waals surface area contributed by atoms with Gasteiger partial charge in [0.2, 0.25) is 6.79 Å². The van der Waals surface area contributed by atoms with E-state index in [1.165, 1.54) is 0 Å². The van der Waals surface area contributed by atoms with Gasteiger partial charge in [0.05, 0.1) is 11.6 Å². The Kier molecular flexibility index (Phi) is 5.05. The zero-order valence-corrected chi connectivity index (χ0v) is 14.3. The summed E-state index contributed by atoms with van der Waals surface area (Å²) in [4.78, 5) is 6.36. The third-order valence-corrected chi connectivity index (χ3v) is 3.94. The standard InChI is InChI=1S/C19H20N4O2/c1-21-19(22-11-15-5-3-4-14(8-15)10-20)23(2)12-16-6-7-17-18(9-16)25-13-24-17/h3-9H,11-13H2,1-2H3,(H,21,22). The van der Waals surface area contributed by atoms with Crippen LogP contribution in [0.25, 0.3) is 0 Å². The van der Waals surface area contributed by atoms with Gasteiger partial charge in [-0.05, 0) is 35.4 Å². The number of hydrogen-bond donors (Lipinski definition) is 1. The minimum atomic E-state index is 0.277. The number of benzene rings is 2. The lowest BCUT2D eigenvalue weighted by Crippen LogP contribution is -2.38. The smallest absolute Gasteiger partial charge is 0.231 e. The summed E-state index contributed by atoms with van der Waals surface area (Å²) in [5.41, 5.74) is 2.81. The maximum absolute atomic E-state index is 8.98. The van der Waals surface area contributed by atoms with Crippen molar-refractivity contribution in [2.75, 3.05) is 20.9 Å². The lowest BCUT2D eigenvalue weighted by Gasteiger charge is -2.22. The zero-order valence-electron chi connectivity index (χ0n) is 14.3. The predicted molar refractivity (Wildman–Crippen MR) is 95.4 cm³/mol. The van der Waals surface area contributed by atoms with E-state index in [9.17, 15) is 0 Å². The molecule has 1 aliphatic rings. The lowest BCUT2D eigenvalue weighted by molar-refractivity contribution is 0.174. The van der Waals surface area contributed by atoms with E-state index in [1.54, 1.807) is 13.1 Å². The molecule has 1 N–H and O–H groups in total. The molecule has 6 nitrogen and oxygen atoms in total. The largest absolute Gasteiger partial charge is 0.454 e. The van der Waals surface area contributed by atoms with Crippen LogP contribution < -0.4 is 14.8 Å². The van der Waals surface area contributed by atoms with Gasteiger partial charge in [0.1, 0.15) is 0 Å². The number of nitrogens with one attached hydrogen (secondary N) is 1. The van der Waals surface area contributed by atoms with E-state index in [4.69, 9.17) is 14.7 Å². The van der Waals surface area contributed by atoms with Gasteiger partial charge in [-0.3, -0.25) is 4.99 Å². The minimum Gasteiger partial charge on any atom is -0.454 e. The van der Waals surface area contributed by atoms with E-state index < -0.39 is 0 Å². The Morgan fingerprint density at radius 3 is 2.84 bits per heavy atom. The van der Waals surface area contributed by atoms with Crippen LogP contribution in [0.1, 0.15) is 16.7 Å². The summed E-state index contributed by atoms with van der Waals surface area (Å²) in [5, 5.41) is 12.3. The normalized spacial score (nSPS) is 12.6. The van der Waals surface area contributed by atoms with Crippen LogP contribution in [0, 0.1) is 11.3 Å². The second-order valence-corrected chi connectivity index (χ2v) is 5.76. The predicted octanol–water partition coefficient (Wildman–Crippen LogP) is 2.49. The highest BCUT2D eigenvalue weighted by Gasteiger charge is 2.14. The minimum absolute atomic E-state index is 0.277. The maximum Gasteiger partial charge on any atom is 0.231 e. The molecule has 6 heteroatoms. The monoisotopic (exact) mass is 336 g/mol. The Morgan fingerprint density at radius 2 is 2.04 bits per heavy atom. The molecule has 3 rings (SSSR count). The van der Waals surface area contributed by atoms with Crippen LogP contribution in [0.5, 0.6) is 11.5 Å². The fourth-order valence-electron chi connectivity index (χ4n) is 2.70. The Hall–Kier alpha value is -3.20. The van der Waals surface area contributed by atoms with Crippen molar-refractivity contribution in [1.29, 1.82) is 5.26 Å². The van der Waals surface area contributed by atoms with Crippen LogP contribution in [0.2, 0.25) is 0 Å². The Bertz CT molecular complexity index is 826. The van der Waals surface area contributed by atoms with Crippen LogP contribution in [0.15, 0.2) is 47.5 Å². The third-order valence-electron chi connectivity index (χ3n) is 3.94. The van der Waals surface area contributed by atoms with E-state index >= 15 is 0 Å². The van der Waals surface area contributed by atoms with Crippen molar-refractivity contribution in [3.05, 3.63) is 59.2 Å². The summed E-state index contributed by atoms with van der Waals surface area (Å²) < 4.78 is 10.8. The zero-order chi connectivity index (χ0) is 17.6. The molecule has 0 aliphatic carbocycles. The van der Waals surface area contributed by atoms with Crippen LogP contribution >= 0.6 is 0 Å². The number of aliphatic imine (C=N–C) groups is 1. The van der Waals surface area contributed by atoms with Gasteiger partial charge in [-0.15, -0.1) is 0 Å². The lowest BCUT2D eigenvalue weighted by atomic mass is 10.1. The Balaban J connectivity index is 1.61. The Labute approximate surface area is 147 Å². The molecule has 0 amide bonds. The van der Waals surface area contributed by atoms with Gasteiger partial charge < -0.3 is 19.7 Å². The molecule has 0 fully saturated rings. The first-order valence-corrected chi connectivity index (χ1v) is 7.99. The highest BCUT2D eigenvalue weighted by molar-refractivity contribution is 5.79. The first-order valence-electron chi connectivity index (χ1n) is 7.99. The van der Waals surface area contributed by atoms with Gasteiger partial charge in [-0.25, -0.2) is 0 Å². The summed E-state index contributed by atoms with van der Waals surface area (Å²) in [6, 6.07) is 15.6. The van der Waals surface area contributed by atoms with Crippen molar-refractivity contribution in [1.82, 2.24) is 10.2 Å². The van der Waals surface area contributed by atoms with Crippen LogP contribution in [-0.2, 0) is 13.1 Å². The van der Waals surface area contributed by atoms with Crippen molar-refractivity contribution < 1.29 is 9.47 Å². The number of hydrogen-bond acceptors (Lipinski definition) is 4. The number of nitrogens with zero attached hydrogens (tertiary/aromatic N) is 3. The van der Waals surface area contributed by atoms with Gasteiger partial charge in [-0.1, -0.05) is 18.2 Å². The van der Waals surface area contributed by atoms with Crippen molar-refractivity contribution in [3.8, 4) is 17.6 Å². The highest BCUT2D eigenvalue weighted by Crippen LogP contribution is 2.32. The summed E-state index contributed by atoms with van der Waals surface area (Å²) in [6.07, 6.45) is 0. The summed E-state index contributed by atoms with van der Waals surface area (Å²) in [6.45, 7) is 1.57. The van der Waals surface area contributed by atoms with Gasteiger partial charge in [0.25, 0.3) is 0 Å². The topological polar surface area (TPSA) is 69.9 Å². The van der Waals surface area contributed by atoms with E-state index in [0.29, 0.717) is 18.7 Å². The number of rotatable bonds is 4. The molecule has 0 radical (unpaired) electrons. The molecule has 0 bridgehead atoms. The summed E-state index contributed by atoms with van der Waals surface area (Å²) in [5.74, 6) is 2.34. The molecule has 0 saturated heterocycles. The van der Waals surface area contributed by atoms with Crippen LogP contribution in [-0.4, -0.2) is 31.7 Å². The molecule has 0 spiro atoms. The molecule has 0 aromatic heterocycles. The molecule has 2 aromatic carbocycles. The molecule has 2 aromatic rings. The molecular weight excluding hydrogens is 316 g/mol. The van der Waals surface area contributed by atoms with Crippen LogP contribution in [0.3, 0.4) is 0 Å². The van der Waals surface area contributed by atoms with Crippen molar-refractivity contribution in [2.24, 2.45) is 4.99 Å². The van der Waals surface area contributed by atoms with Crippen molar-refractivity contribution >= 4 is 5.96 Å². The van der Waals surface area contributed by atoms with E-state index in [0.717, 1.165) is 28.6 Å². The Morgan fingerprint density at radius 1 is 1.20 bits per heavy atom. The number of ether oxygens (including phenoxy) is 2. The molecule has 25 heavy (non-hydrogen) atoms. The molecule has 0 atom stereocenters. The van der Waals surface area contributed by atoms with E-state index in [1.807, 2.05) is 48.3 Å². The van der Waals surface area contributed by atoms with E-state index in [2.05, 4.69) is 16.4 Å². The van der Waals surface area contributed by atoms with Gasteiger partial charge in [-0.2, -0.15) is 5.26 Å². The van der Waals surface area contributed by atoms with Gasteiger partial charge in [0, 0.05) is 27.2 Å². The molecule has 1 heterocycles. The maximum atomic E-state index is 8.98. The second-order valence-electron chi connectivity index (χ2n) is 5.76. The van der Waals surface area contributed by atoms with Gasteiger partial charge in [0.15, 0.2) is 17.5 Å². The quantitative estimate of drug-likeness (QED) is 0.686. The van der Waals surface area contributed by atoms with Crippen molar-refractivity contribution in [2.45, 2.75) is 13.1 Å². The molecule has 0 unspecified atom stereocenters. The van der Waals surface area contributed by atoms with Crippen molar-refractivity contribution in [3.63, 3.8) is 0 Å². The van der Waals surface area contributed by atoms with Gasteiger partial charge >= 0.3 is 0 Å². The first kappa shape index (κ1) is 16.7.